The first-order chi connectivity index (χ1) is 41.9. The Morgan fingerprint density at radius 2 is 1.25 bits per heavy atom. The van der Waals surface area contributed by atoms with Crippen molar-refractivity contribution in [3.63, 3.8) is 0 Å². The zero-order valence-electron chi connectivity index (χ0n) is 50.7. The largest absolute Gasteiger partial charge is 0.390 e. The molecule has 0 radical (unpaired) electrons. The molecular formula is C65H88F2O19S. The highest BCUT2D eigenvalue weighted by atomic mass is 32.2. The molecule has 2 aromatic carbocycles. The highest BCUT2D eigenvalue weighted by molar-refractivity contribution is 7.99. The van der Waals surface area contributed by atoms with Gasteiger partial charge in [0.25, 0.3) is 0 Å². The fraction of sp³-hybridized carbons (Fsp3) is 0.662. The minimum Gasteiger partial charge on any atom is -0.390 e. The second kappa shape index (κ2) is 35.7. The summed E-state index contributed by atoms with van der Waals surface area (Å²) >= 11 is 1.53. The molecule has 5 aliphatic rings. The summed E-state index contributed by atoms with van der Waals surface area (Å²) in [5.74, 6) is -2.32. The van der Waals surface area contributed by atoms with Crippen LogP contribution in [-0.4, -0.2) is 199 Å². The maximum absolute atomic E-state index is 17.8. The average Bonchev–Trinajstić information content (AvgIpc) is 1.59. The van der Waals surface area contributed by atoms with Crippen molar-refractivity contribution in [1.29, 1.82) is 0 Å². The second-order valence-corrected chi connectivity index (χ2v) is 24.2. The maximum atomic E-state index is 17.8. The van der Waals surface area contributed by atoms with Crippen LogP contribution in [0.2, 0.25) is 0 Å². The molecule has 0 amide bonds. The standard InChI is InChI=1S/C64H88F2O17S.CO2/c1-44(84-4)56(71)12-6-10-49(68)11-7-20-74-22-24-76-26-28-78-30-32-80-34-35-81-33-31-79-29-27-77-25-23-75-21-18-51(70)38-47-9-5-8-46(37-47)36-45-13-15-48(16-14-45)60-82-59-41-52-53-40-55(65)54-39-50(69)17-19-61(54,2)63(53,66)57(72)42-62(52,3)64(59,83-60)58(73)43-67;2-1-3/h5,8-9,13-17,19,37,39,44,52-53,55,57,59-60,67,72H,6-7,10-12,18,20-36,38,40-43H2,1-4H3;/t44?,52-,53-,55-,57-,59+,60+,61-,62-,63-,64+;/m0./s1. The predicted octanol–water partition coefficient (Wildman–Crippen LogP) is 6.81. The molecule has 1 aliphatic heterocycles. The van der Waals surface area contributed by atoms with Gasteiger partial charge in [-0.15, -0.1) is 0 Å². The fourth-order valence-corrected chi connectivity index (χ4v) is 13.4. The number of alkyl halides is 2. The Kier molecular flexibility index (Phi) is 29.3. The van der Waals surface area contributed by atoms with Gasteiger partial charge in [-0.1, -0.05) is 61.5 Å². The molecule has 11 atom stereocenters. The van der Waals surface area contributed by atoms with E-state index in [1.54, 1.807) is 6.92 Å². The number of thioether (sulfide) groups is 1. The van der Waals surface area contributed by atoms with E-state index in [0.717, 1.165) is 22.8 Å². The van der Waals surface area contributed by atoms with E-state index in [-0.39, 0.29) is 73.0 Å². The Morgan fingerprint density at radius 1 is 0.713 bits per heavy atom. The van der Waals surface area contributed by atoms with Crippen molar-refractivity contribution in [3.8, 4) is 0 Å². The van der Waals surface area contributed by atoms with Gasteiger partial charge in [-0.05, 0) is 99.0 Å². The van der Waals surface area contributed by atoms with Crippen molar-refractivity contribution in [1.82, 2.24) is 0 Å². The van der Waals surface area contributed by atoms with Crippen molar-refractivity contribution >= 4 is 46.8 Å². The van der Waals surface area contributed by atoms with Gasteiger partial charge in [-0.3, -0.25) is 24.0 Å². The Morgan fingerprint density at radius 3 is 1.82 bits per heavy atom. The highest BCUT2D eigenvalue weighted by Crippen LogP contribution is 2.72. The van der Waals surface area contributed by atoms with Crippen molar-refractivity contribution in [2.24, 2.45) is 22.7 Å². The average molecular weight is 1240 g/mol. The summed E-state index contributed by atoms with van der Waals surface area (Å²) in [7, 11) is 0. The number of hydrogen-bond acceptors (Lipinski definition) is 20. The molecule has 482 valence electrons. The molecule has 1 saturated heterocycles. The summed E-state index contributed by atoms with van der Waals surface area (Å²) in [5.41, 5.74) is -3.32. The molecule has 4 aliphatic carbocycles. The lowest BCUT2D eigenvalue weighted by Crippen LogP contribution is -2.70. The molecule has 22 heteroatoms. The summed E-state index contributed by atoms with van der Waals surface area (Å²) in [6, 6.07) is 15.4. The third-order valence-corrected chi connectivity index (χ3v) is 18.5. The maximum Gasteiger partial charge on any atom is 0.373 e. The van der Waals surface area contributed by atoms with Crippen LogP contribution in [-0.2, 0) is 93.8 Å². The van der Waals surface area contributed by atoms with Crippen LogP contribution in [0.1, 0.15) is 107 Å². The van der Waals surface area contributed by atoms with Crippen LogP contribution in [0.15, 0.2) is 72.3 Å². The molecule has 87 heavy (non-hydrogen) atoms. The van der Waals surface area contributed by atoms with Gasteiger partial charge in [-0.2, -0.15) is 21.4 Å². The zero-order valence-corrected chi connectivity index (χ0v) is 51.5. The Hall–Kier alpha value is -4.62. The Bertz CT molecular complexity index is 2630. The van der Waals surface area contributed by atoms with Gasteiger partial charge in [-0.25, -0.2) is 8.78 Å². The molecule has 0 spiro atoms. The highest BCUT2D eigenvalue weighted by Gasteiger charge is 2.80. The van der Waals surface area contributed by atoms with Crippen molar-refractivity contribution in [2.75, 3.05) is 119 Å². The van der Waals surface area contributed by atoms with E-state index in [9.17, 15) is 34.2 Å². The number of carbonyl (C=O) groups is 5. The third-order valence-electron chi connectivity index (χ3n) is 17.5. The zero-order chi connectivity index (χ0) is 62.9. The van der Waals surface area contributed by atoms with Crippen LogP contribution >= 0.6 is 11.8 Å². The van der Waals surface area contributed by atoms with E-state index < -0.39 is 76.8 Å². The van der Waals surface area contributed by atoms with E-state index in [0.29, 0.717) is 143 Å². The van der Waals surface area contributed by atoms with Crippen molar-refractivity contribution < 1.29 is 99.9 Å². The summed E-state index contributed by atoms with van der Waals surface area (Å²) in [6.45, 7) is 11.1. The molecule has 4 fully saturated rings. The minimum absolute atomic E-state index is 0.0102. The Balaban J connectivity index is 0.00000395. The normalized spacial score (nSPS) is 27.2. The van der Waals surface area contributed by atoms with Gasteiger partial charge in [0.1, 0.15) is 30.1 Å². The van der Waals surface area contributed by atoms with E-state index in [1.165, 1.54) is 30.8 Å². The Labute approximate surface area is 513 Å². The van der Waals surface area contributed by atoms with E-state index in [1.807, 2.05) is 61.7 Å². The van der Waals surface area contributed by atoms with E-state index >= 15 is 8.78 Å². The molecule has 0 aromatic heterocycles. The first kappa shape index (κ1) is 71.5. The van der Waals surface area contributed by atoms with Crippen LogP contribution < -0.4 is 0 Å². The molecule has 2 N–H and O–H groups in total. The fourth-order valence-electron chi connectivity index (χ4n) is 13.0. The van der Waals surface area contributed by atoms with Crippen LogP contribution in [0.25, 0.3) is 0 Å². The number of ketones is 5. The van der Waals surface area contributed by atoms with Crippen molar-refractivity contribution in [3.05, 3.63) is 94.6 Å². The molecule has 1 heterocycles. The van der Waals surface area contributed by atoms with Crippen LogP contribution in [0, 0.1) is 22.7 Å². The smallest absolute Gasteiger partial charge is 0.373 e. The number of Topliss-reactive ketones (excluding diaryl/α,β-unsaturated/α-hetero) is 4. The molecular weight excluding hydrogens is 1150 g/mol. The number of ether oxygens (including phenoxy) is 10. The number of halogens is 2. The van der Waals surface area contributed by atoms with E-state index in [4.69, 9.17) is 57.0 Å². The summed E-state index contributed by atoms with van der Waals surface area (Å²) in [6.07, 6.45) is 4.19. The lowest BCUT2D eigenvalue weighted by Gasteiger charge is -2.63. The number of benzene rings is 2. The molecule has 1 unspecified atom stereocenters. The number of aliphatic hydroxyl groups excluding tert-OH is 2. The third kappa shape index (κ3) is 18.7. The molecule has 19 nitrogen and oxygen atoms in total. The number of aliphatic hydroxyl groups is 2. The number of hydrogen-bond donors (Lipinski definition) is 2. The van der Waals surface area contributed by atoms with Gasteiger partial charge in [0.05, 0.1) is 117 Å². The van der Waals surface area contributed by atoms with Gasteiger partial charge >= 0.3 is 6.15 Å². The van der Waals surface area contributed by atoms with Gasteiger partial charge in [0, 0.05) is 61.0 Å². The topological polar surface area (TPSA) is 252 Å². The van der Waals surface area contributed by atoms with Gasteiger partial charge in [0.15, 0.2) is 29.1 Å². The van der Waals surface area contributed by atoms with E-state index in [2.05, 4.69) is 0 Å². The van der Waals surface area contributed by atoms with Crippen LogP contribution in [0.3, 0.4) is 0 Å². The molecule has 2 aromatic rings. The number of carbonyl (C=O) groups excluding carboxylic acids is 7. The van der Waals surface area contributed by atoms with Crippen molar-refractivity contribution in [2.45, 2.75) is 133 Å². The number of allylic oxidation sites excluding steroid dienone is 4. The quantitative estimate of drug-likeness (QED) is 0.0648. The number of rotatable bonds is 41. The summed E-state index contributed by atoms with van der Waals surface area (Å²) in [5, 5.41) is 22.2. The minimum atomic E-state index is -2.33. The summed E-state index contributed by atoms with van der Waals surface area (Å²) < 4.78 is 91.3. The first-order valence-electron chi connectivity index (χ1n) is 30.2. The summed E-state index contributed by atoms with van der Waals surface area (Å²) in [4.78, 5) is 79.2. The SMILES string of the molecule is CSC(C)C(=O)CCCC(=O)CCCOCCOCCOCCOCCOCCOCCOCCOCCC(=O)Cc1cccc(Cc2ccc([C@@H]3O[C@@H]4C[C@H]5[C@@H]6C[C@H](F)C7=CC(=O)C=C[C@]7(C)[C@@]6(F)[C@@H](O)C[C@]5(C)[C@]4(C(=O)CO)O3)cc2)c1.O=C=O. The van der Waals surface area contributed by atoms with Crippen LogP contribution in [0.4, 0.5) is 8.78 Å². The lowest BCUT2D eigenvalue weighted by atomic mass is 9.44. The first-order valence-corrected chi connectivity index (χ1v) is 31.5. The second-order valence-electron chi connectivity index (χ2n) is 23.0. The molecule has 0 bridgehead atoms. The molecule has 7 rings (SSSR count). The van der Waals surface area contributed by atoms with Gasteiger partial charge < -0.3 is 57.6 Å². The molecule has 3 saturated carbocycles. The number of fused-ring (bicyclic) bond motifs is 7. The lowest BCUT2D eigenvalue weighted by molar-refractivity contribution is -0.235. The monoisotopic (exact) mass is 1240 g/mol. The van der Waals surface area contributed by atoms with Crippen LogP contribution in [0.5, 0.6) is 0 Å². The van der Waals surface area contributed by atoms with Gasteiger partial charge in [0.2, 0.25) is 0 Å². The predicted molar refractivity (Wildman–Crippen MR) is 314 cm³/mol.